The summed E-state index contributed by atoms with van der Waals surface area (Å²) in [7, 11) is 0. The minimum Gasteiger partial charge on any atom is -0.466 e. The van der Waals surface area contributed by atoms with Gasteiger partial charge in [0.15, 0.2) is 17.1 Å². The number of carbonyl (C=O) groups excluding carboxylic acids is 2. The monoisotopic (exact) mass is 557 g/mol. The van der Waals surface area contributed by atoms with Crippen molar-refractivity contribution in [3.63, 3.8) is 0 Å². The third kappa shape index (κ3) is 5.48. The van der Waals surface area contributed by atoms with Crippen LogP contribution in [0.5, 0.6) is 11.5 Å². The van der Waals surface area contributed by atoms with E-state index in [2.05, 4.69) is 17.0 Å². The first-order valence-electron chi connectivity index (χ1n) is 14.6. The third-order valence-corrected chi connectivity index (χ3v) is 8.88. The standard InChI is InChI=1S/C31H43NO8/c1-5-14-37-25(33)18-31(36,11-6-9-29(3,4)35)28(34)40-27-20(2)17-30-10-7-12-32(30)13-8-21-15-23-24(39-19-38-23)16-22(21)26(27)30/h15-17,26-27,35-36H,5-14,18-19H2,1-4H3/t26-,27?,30+,31?/m1/s1. The van der Waals surface area contributed by atoms with Crippen LogP contribution < -0.4 is 9.47 Å². The van der Waals surface area contributed by atoms with Crippen molar-refractivity contribution in [1.82, 2.24) is 4.90 Å². The highest BCUT2D eigenvalue weighted by atomic mass is 16.7. The number of carbonyl (C=O) groups is 2. The van der Waals surface area contributed by atoms with Crippen molar-refractivity contribution in [1.29, 1.82) is 0 Å². The van der Waals surface area contributed by atoms with Crippen molar-refractivity contribution >= 4 is 11.9 Å². The lowest BCUT2D eigenvalue weighted by molar-refractivity contribution is -0.178. The van der Waals surface area contributed by atoms with E-state index in [-0.39, 0.29) is 31.3 Å². The molecule has 40 heavy (non-hydrogen) atoms. The molecule has 1 spiro atoms. The topological polar surface area (TPSA) is 115 Å². The molecule has 4 atom stereocenters. The highest BCUT2D eigenvalue weighted by molar-refractivity contribution is 5.86. The van der Waals surface area contributed by atoms with Gasteiger partial charge >= 0.3 is 11.9 Å². The van der Waals surface area contributed by atoms with E-state index in [1.807, 2.05) is 19.9 Å². The number of fused-ring (bicyclic) bond motifs is 3. The molecule has 0 aromatic heterocycles. The molecule has 1 saturated heterocycles. The van der Waals surface area contributed by atoms with Gasteiger partial charge in [-0.1, -0.05) is 13.0 Å². The summed E-state index contributed by atoms with van der Waals surface area (Å²) in [5.74, 6) is -0.231. The predicted octanol–water partition coefficient (Wildman–Crippen LogP) is 3.78. The summed E-state index contributed by atoms with van der Waals surface area (Å²) in [6.07, 6.45) is 5.29. The van der Waals surface area contributed by atoms with E-state index >= 15 is 0 Å². The van der Waals surface area contributed by atoms with E-state index in [1.54, 1.807) is 13.8 Å². The Hall–Kier alpha value is -2.62. The molecule has 5 rings (SSSR count). The Balaban J connectivity index is 1.46. The summed E-state index contributed by atoms with van der Waals surface area (Å²) in [6.45, 7) is 9.46. The fraction of sp³-hybridized carbons (Fsp3) is 0.677. The van der Waals surface area contributed by atoms with Gasteiger partial charge in [0.05, 0.1) is 24.2 Å². The molecule has 3 heterocycles. The second-order valence-electron chi connectivity index (χ2n) is 12.5. The molecule has 0 radical (unpaired) electrons. The normalized spacial score (nSPS) is 26.7. The Morgan fingerprint density at radius 3 is 2.62 bits per heavy atom. The van der Waals surface area contributed by atoms with Gasteiger partial charge in [-0.3, -0.25) is 9.69 Å². The van der Waals surface area contributed by atoms with Crippen LogP contribution in [0.2, 0.25) is 0 Å². The largest absolute Gasteiger partial charge is 0.466 e. The smallest absolute Gasteiger partial charge is 0.339 e. The van der Waals surface area contributed by atoms with Crippen LogP contribution in [-0.2, 0) is 25.5 Å². The number of hydrogen-bond donors (Lipinski definition) is 2. The number of ether oxygens (including phenoxy) is 4. The van der Waals surface area contributed by atoms with E-state index in [9.17, 15) is 19.8 Å². The first kappa shape index (κ1) is 28.9. The van der Waals surface area contributed by atoms with E-state index in [1.165, 1.54) is 0 Å². The highest BCUT2D eigenvalue weighted by Gasteiger charge is 2.57. The number of nitrogens with zero attached hydrogens (tertiary/aromatic N) is 1. The van der Waals surface area contributed by atoms with Crippen LogP contribution in [0.25, 0.3) is 0 Å². The van der Waals surface area contributed by atoms with Gasteiger partial charge in [-0.05, 0) is 101 Å². The van der Waals surface area contributed by atoms with Crippen molar-refractivity contribution in [2.75, 3.05) is 26.5 Å². The van der Waals surface area contributed by atoms with Crippen molar-refractivity contribution in [2.24, 2.45) is 0 Å². The third-order valence-electron chi connectivity index (χ3n) is 8.88. The number of hydrogen-bond acceptors (Lipinski definition) is 9. The average Bonchev–Trinajstić information content (AvgIpc) is 3.55. The number of esters is 2. The maximum atomic E-state index is 13.9. The number of aliphatic hydroxyl groups is 2. The van der Waals surface area contributed by atoms with E-state index in [0.717, 1.165) is 54.8 Å². The Morgan fingerprint density at radius 2 is 1.90 bits per heavy atom. The van der Waals surface area contributed by atoms with E-state index in [4.69, 9.17) is 18.9 Å². The van der Waals surface area contributed by atoms with Crippen LogP contribution >= 0.6 is 0 Å². The maximum absolute atomic E-state index is 13.9. The molecule has 3 aliphatic heterocycles. The summed E-state index contributed by atoms with van der Waals surface area (Å²) in [6, 6.07) is 4.09. The molecule has 1 fully saturated rings. The van der Waals surface area contributed by atoms with Crippen molar-refractivity contribution in [2.45, 2.75) is 108 Å². The van der Waals surface area contributed by atoms with Gasteiger partial charge in [0, 0.05) is 12.5 Å². The molecule has 1 aromatic rings. The van der Waals surface area contributed by atoms with Gasteiger partial charge in [-0.15, -0.1) is 0 Å². The van der Waals surface area contributed by atoms with E-state index < -0.39 is 35.7 Å². The Bertz CT molecular complexity index is 1170. The molecule has 4 aliphatic rings. The Labute approximate surface area is 236 Å². The lowest BCUT2D eigenvalue weighted by Gasteiger charge is -2.40. The lowest BCUT2D eigenvalue weighted by atomic mass is 9.77. The van der Waals surface area contributed by atoms with E-state index in [0.29, 0.717) is 25.0 Å². The van der Waals surface area contributed by atoms with Crippen LogP contribution in [-0.4, -0.2) is 76.4 Å². The zero-order valence-electron chi connectivity index (χ0n) is 24.2. The van der Waals surface area contributed by atoms with Gasteiger partial charge in [-0.25, -0.2) is 4.79 Å². The summed E-state index contributed by atoms with van der Waals surface area (Å²) < 4.78 is 22.9. The van der Waals surface area contributed by atoms with Gasteiger partial charge in [0.1, 0.15) is 6.10 Å². The Kier molecular flexibility index (Phi) is 7.94. The summed E-state index contributed by atoms with van der Waals surface area (Å²) in [5.41, 5.74) is -0.171. The van der Waals surface area contributed by atoms with Crippen LogP contribution in [0.15, 0.2) is 23.8 Å². The fourth-order valence-corrected chi connectivity index (χ4v) is 7.01. The van der Waals surface area contributed by atoms with Gasteiger partial charge in [0.25, 0.3) is 0 Å². The molecule has 0 bridgehead atoms. The molecule has 1 aliphatic carbocycles. The second kappa shape index (κ2) is 11.0. The number of rotatable bonds is 10. The molecule has 2 unspecified atom stereocenters. The summed E-state index contributed by atoms with van der Waals surface area (Å²) >= 11 is 0. The second-order valence-corrected chi connectivity index (χ2v) is 12.5. The molecule has 220 valence electrons. The molecular formula is C31H43NO8. The quantitative estimate of drug-likeness (QED) is 0.328. The van der Waals surface area contributed by atoms with Crippen molar-refractivity contribution < 1.29 is 38.7 Å². The van der Waals surface area contributed by atoms with Crippen molar-refractivity contribution in [3.05, 3.63) is 34.9 Å². The van der Waals surface area contributed by atoms with Crippen LogP contribution in [0.4, 0.5) is 0 Å². The average molecular weight is 558 g/mol. The number of benzene rings is 1. The van der Waals surface area contributed by atoms with Crippen molar-refractivity contribution in [3.8, 4) is 11.5 Å². The predicted molar refractivity (Wildman–Crippen MR) is 147 cm³/mol. The van der Waals surface area contributed by atoms with Gasteiger partial charge in [0.2, 0.25) is 6.79 Å². The molecule has 9 heteroatoms. The maximum Gasteiger partial charge on any atom is 0.339 e. The minimum atomic E-state index is -2.07. The minimum absolute atomic E-state index is 0.0241. The van der Waals surface area contributed by atoms with Gasteiger partial charge in [-0.2, -0.15) is 0 Å². The molecule has 0 amide bonds. The lowest BCUT2D eigenvalue weighted by Crippen LogP contribution is -2.49. The van der Waals surface area contributed by atoms with Crippen LogP contribution in [0, 0.1) is 0 Å². The zero-order valence-corrected chi connectivity index (χ0v) is 24.2. The SMILES string of the molecule is CCCOC(=O)CC(O)(CCCC(C)(C)O)C(=O)OC1C(C)=C[C@]23CCCN2CCc2cc4c(cc2[C@H]13)OCO4. The molecule has 0 saturated carbocycles. The van der Waals surface area contributed by atoms with Gasteiger partial charge < -0.3 is 29.2 Å². The molecule has 1 aromatic carbocycles. The zero-order chi connectivity index (χ0) is 28.7. The highest BCUT2D eigenvalue weighted by Crippen LogP contribution is 2.55. The summed E-state index contributed by atoms with van der Waals surface area (Å²) in [4.78, 5) is 28.9. The summed E-state index contributed by atoms with van der Waals surface area (Å²) in [5, 5.41) is 21.8. The molecule has 9 nitrogen and oxygen atoms in total. The Morgan fingerprint density at radius 1 is 1.15 bits per heavy atom. The van der Waals surface area contributed by atoms with Crippen LogP contribution in [0.3, 0.4) is 0 Å². The molecular weight excluding hydrogens is 514 g/mol. The fourth-order valence-electron chi connectivity index (χ4n) is 7.01. The first-order valence-corrected chi connectivity index (χ1v) is 14.6. The molecule has 2 N–H and O–H groups in total. The van der Waals surface area contributed by atoms with Crippen LogP contribution in [0.1, 0.15) is 89.7 Å². The first-order chi connectivity index (χ1) is 19.0.